The average Bonchev–Trinajstić information content (AvgIpc) is 2.42. The van der Waals surface area contributed by atoms with Crippen molar-refractivity contribution in [2.24, 2.45) is 5.92 Å². The average molecular weight is 246 g/mol. The first-order chi connectivity index (χ1) is 8.77. The standard InChI is InChI=1S/C16H22O2/c1-3-5-7-12-15(4-2)16(17)18-13-14-10-8-6-9-11-14/h5-11,15H,3-4,12-13H2,1-2H3. The maximum absolute atomic E-state index is 11.9. The summed E-state index contributed by atoms with van der Waals surface area (Å²) in [5.74, 6) is -0.112. The molecule has 0 heterocycles. The Morgan fingerprint density at radius 2 is 1.94 bits per heavy atom. The number of esters is 1. The summed E-state index contributed by atoms with van der Waals surface area (Å²) in [6, 6.07) is 9.78. The summed E-state index contributed by atoms with van der Waals surface area (Å²) < 4.78 is 5.34. The second-order valence-electron chi connectivity index (χ2n) is 4.31. The van der Waals surface area contributed by atoms with Gasteiger partial charge in [0.15, 0.2) is 0 Å². The quantitative estimate of drug-likeness (QED) is 0.534. The zero-order chi connectivity index (χ0) is 13.2. The van der Waals surface area contributed by atoms with Gasteiger partial charge in [0.05, 0.1) is 5.92 Å². The van der Waals surface area contributed by atoms with Crippen LogP contribution in [0.25, 0.3) is 0 Å². The van der Waals surface area contributed by atoms with Crippen molar-refractivity contribution >= 4 is 5.97 Å². The van der Waals surface area contributed by atoms with Crippen molar-refractivity contribution in [3.8, 4) is 0 Å². The van der Waals surface area contributed by atoms with Crippen molar-refractivity contribution in [2.45, 2.75) is 39.7 Å². The first kappa shape index (κ1) is 14.5. The smallest absolute Gasteiger partial charge is 0.309 e. The Hall–Kier alpha value is -1.57. The highest BCUT2D eigenvalue weighted by molar-refractivity contribution is 5.72. The summed E-state index contributed by atoms with van der Waals surface area (Å²) >= 11 is 0. The van der Waals surface area contributed by atoms with Crippen LogP contribution in [0.2, 0.25) is 0 Å². The van der Waals surface area contributed by atoms with Gasteiger partial charge in [0.1, 0.15) is 6.61 Å². The number of hydrogen-bond donors (Lipinski definition) is 0. The maximum atomic E-state index is 11.9. The van der Waals surface area contributed by atoms with Gasteiger partial charge in [-0.2, -0.15) is 0 Å². The van der Waals surface area contributed by atoms with Gasteiger partial charge in [-0.15, -0.1) is 0 Å². The van der Waals surface area contributed by atoms with Crippen molar-refractivity contribution in [3.05, 3.63) is 48.0 Å². The lowest BCUT2D eigenvalue weighted by molar-refractivity contribution is -0.149. The fourth-order valence-electron chi connectivity index (χ4n) is 1.70. The van der Waals surface area contributed by atoms with Crippen molar-refractivity contribution in [2.75, 3.05) is 0 Å². The lowest BCUT2D eigenvalue weighted by Gasteiger charge is -2.12. The molecule has 0 spiro atoms. The zero-order valence-electron chi connectivity index (χ0n) is 11.3. The van der Waals surface area contributed by atoms with Gasteiger partial charge in [-0.05, 0) is 24.8 Å². The van der Waals surface area contributed by atoms with Crippen LogP contribution in [0.3, 0.4) is 0 Å². The topological polar surface area (TPSA) is 26.3 Å². The van der Waals surface area contributed by atoms with E-state index in [2.05, 4.69) is 19.1 Å². The highest BCUT2D eigenvalue weighted by Crippen LogP contribution is 2.13. The first-order valence-electron chi connectivity index (χ1n) is 6.63. The summed E-state index contributed by atoms with van der Waals surface area (Å²) in [6.07, 6.45) is 6.76. The van der Waals surface area contributed by atoms with Crippen molar-refractivity contribution < 1.29 is 9.53 Å². The Morgan fingerprint density at radius 3 is 2.56 bits per heavy atom. The van der Waals surface area contributed by atoms with Crippen LogP contribution < -0.4 is 0 Å². The molecule has 0 aliphatic rings. The third-order valence-electron chi connectivity index (χ3n) is 2.87. The molecule has 18 heavy (non-hydrogen) atoms. The predicted octanol–water partition coefficient (Wildman–Crippen LogP) is 4.11. The Kier molecular flexibility index (Phi) is 6.85. The molecule has 0 aliphatic carbocycles. The van der Waals surface area contributed by atoms with Crippen molar-refractivity contribution in [1.29, 1.82) is 0 Å². The lowest BCUT2D eigenvalue weighted by atomic mass is 10.0. The monoisotopic (exact) mass is 246 g/mol. The lowest BCUT2D eigenvalue weighted by Crippen LogP contribution is -2.16. The van der Waals surface area contributed by atoms with E-state index in [4.69, 9.17) is 4.74 Å². The molecule has 2 heteroatoms. The van der Waals surface area contributed by atoms with Gasteiger partial charge in [0.2, 0.25) is 0 Å². The number of hydrogen-bond acceptors (Lipinski definition) is 2. The van der Waals surface area contributed by atoms with E-state index >= 15 is 0 Å². The molecule has 0 saturated heterocycles. The SMILES string of the molecule is CCC=CCC(CC)C(=O)OCc1ccccc1. The van der Waals surface area contributed by atoms with Crippen LogP contribution in [-0.2, 0) is 16.1 Å². The van der Waals surface area contributed by atoms with Crippen LogP contribution in [0.1, 0.15) is 38.7 Å². The summed E-state index contributed by atoms with van der Waals surface area (Å²) in [7, 11) is 0. The second-order valence-corrected chi connectivity index (χ2v) is 4.31. The van der Waals surface area contributed by atoms with Crippen LogP contribution in [-0.4, -0.2) is 5.97 Å². The molecule has 0 aliphatic heterocycles. The number of rotatable bonds is 7. The second kappa shape index (κ2) is 8.51. The number of benzene rings is 1. The third kappa shape index (κ3) is 5.17. The molecular weight excluding hydrogens is 224 g/mol. The predicted molar refractivity (Wildman–Crippen MR) is 74.1 cm³/mol. The molecule has 0 amide bonds. The van der Waals surface area contributed by atoms with Crippen LogP contribution in [0.15, 0.2) is 42.5 Å². The molecule has 0 N–H and O–H groups in total. The normalized spacial score (nSPS) is 12.6. The third-order valence-corrected chi connectivity index (χ3v) is 2.87. The molecule has 0 saturated carbocycles. The van der Waals surface area contributed by atoms with Gasteiger partial charge >= 0.3 is 5.97 Å². The number of carbonyl (C=O) groups is 1. The van der Waals surface area contributed by atoms with Gasteiger partial charge in [-0.25, -0.2) is 0 Å². The molecule has 0 radical (unpaired) electrons. The fourth-order valence-corrected chi connectivity index (χ4v) is 1.70. The Bertz CT molecular complexity index is 368. The van der Waals surface area contributed by atoms with Gasteiger partial charge in [0, 0.05) is 0 Å². The minimum Gasteiger partial charge on any atom is -0.461 e. The van der Waals surface area contributed by atoms with Crippen LogP contribution in [0, 0.1) is 5.92 Å². The van der Waals surface area contributed by atoms with Crippen molar-refractivity contribution in [1.82, 2.24) is 0 Å². The molecule has 1 atom stereocenters. The van der Waals surface area contributed by atoms with Gasteiger partial charge in [-0.3, -0.25) is 4.79 Å². The van der Waals surface area contributed by atoms with E-state index in [-0.39, 0.29) is 11.9 Å². The van der Waals surface area contributed by atoms with Gasteiger partial charge in [-0.1, -0.05) is 56.3 Å². The molecule has 0 aromatic heterocycles. The van der Waals surface area contributed by atoms with Gasteiger partial charge < -0.3 is 4.74 Å². The molecule has 0 fully saturated rings. The number of carbonyl (C=O) groups excluding carboxylic acids is 1. The van der Waals surface area contributed by atoms with E-state index in [0.29, 0.717) is 6.61 Å². The Labute approximate surface area is 110 Å². The van der Waals surface area contributed by atoms with Gasteiger partial charge in [0.25, 0.3) is 0 Å². The summed E-state index contributed by atoms with van der Waals surface area (Å²) in [5.41, 5.74) is 1.03. The fraction of sp³-hybridized carbons (Fsp3) is 0.438. The molecular formula is C16H22O2. The summed E-state index contributed by atoms with van der Waals surface area (Å²) in [4.78, 5) is 11.9. The minimum absolute atomic E-state index is 0.0171. The highest BCUT2D eigenvalue weighted by Gasteiger charge is 2.16. The number of allylic oxidation sites excluding steroid dienone is 2. The molecule has 0 bridgehead atoms. The van der Waals surface area contributed by atoms with E-state index in [1.54, 1.807) is 0 Å². The summed E-state index contributed by atoms with van der Waals surface area (Å²) in [6.45, 7) is 4.48. The molecule has 1 rings (SSSR count). The number of ether oxygens (including phenoxy) is 1. The van der Waals surface area contributed by atoms with E-state index in [1.807, 2.05) is 37.3 Å². The van der Waals surface area contributed by atoms with E-state index in [0.717, 1.165) is 24.8 Å². The van der Waals surface area contributed by atoms with Crippen LogP contribution >= 0.6 is 0 Å². The Balaban J connectivity index is 2.40. The van der Waals surface area contributed by atoms with E-state index < -0.39 is 0 Å². The summed E-state index contributed by atoms with van der Waals surface area (Å²) in [5, 5.41) is 0. The maximum Gasteiger partial charge on any atom is 0.309 e. The van der Waals surface area contributed by atoms with E-state index in [1.165, 1.54) is 0 Å². The van der Waals surface area contributed by atoms with Crippen molar-refractivity contribution in [3.63, 3.8) is 0 Å². The van der Waals surface area contributed by atoms with E-state index in [9.17, 15) is 4.79 Å². The molecule has 1 aromatic rings. The van der Waals surface area contributed by atoms with Crippen LogP contribution in [0.5, 0.6) is 0 Å². The first-order valence-corrected chi connectivity index (χ1v) is 6.63. The van der Waals surface area contributed by atoms with Crippen LogP contribution in [0.4, 0.5) is 0 Å². The zero-order valence-corrected chi connectivity index (χ0v) is 11.3. The molecule has 1 aromatic carbocycles. The largest absolute Gasteiger partial charge is 0.461 e. The Morgan fingerprint density at radius 1 is 1.22 bits per heavy atom. The molecule has 1 unspecified atom stereocenters. The molecule has 2 nitrogen and oxygen atoms in total. The molecule has 98 valence electrons. The minimum atomic E-state index is -0.0953. The highest BCUT2D eigenvalue weighted by atomic mass is 16.5.